The Morgan fingerprint density at radius 2 is 0.804 bits per heavy atom. The minimum Gasteiger partial charge on any atom is -0.372 e. The van der Waals surface area contributed by atoms with Crippen LogP contribution in [0.2, 0.25) is 15.1 Å². The van der Waals surface area contributed by atoms with E-state index in [1.807, 2.05) is 122 Å². The first kappa shape index (κ1) is 90.2. The van der Waals surface area contributed by atoms with E-state index in [9.17, 15) is 19.6 Å². The minimum atomic E-state index is -0.150. The monoisotopic (exact) mass is 1590 g/mol. The van der Waals surface area contributed by atoms with E-state index in [2.05, 4.69) is 187 Å². The van der Waals surface area contributed by atoms with Gasteiger partial charge in [-0.3, -0.25) is 19.5 Å². The number of hydrogen-bond acceptors (Lipinski definition) is 23. The van der Waals surface area contributed by atoms with E-state index in [-0.39, 0.29) is 39.4 Å². The second-order valence-corrected chi connectivity index (χ2v) is 33.3. The van der Waals surface area contributed by atoms with Gasteiger partial charge in [0.25, 0.3) is 17.7 Å². The number of halogens is 3. The minimum absolute atomic E-state index is 0.0620. The zero-order valence-electron chi connectivity index (χ0n) is 69.9. The number of carbonyl (C=O) groups excluding carboxylic acids is 3. The molecule has 0 saturated heterocycles. The molecule has 9 N–H and O–H groups in total. The first-order valence-electron chi connectivity index (χ1n) is 36.9. The van der Waals surface area contributed by atoms with Crippen LogP contribution in [0.3, 0.4) is 0 Å². The van der Waals surface area contributed by atoms with Crippen LogP contribution in [0.1, 0.15) is 167 Å². The molecule has 5 heterocycles. The summed E-state index contributed by atoms with van der Waals surface area (Å²) in [6.07, 6.45) is 4.34. The van der Waals surface area contributed by atoms with Crippen LogP contribution < -0.4 is 62.1 Å². The molecule has 112 heavy (non-hydrogen) atoms. The number of carbonyl (C=O) groups is 3. The molecule has 0 radical (unpaired) electrons. The summed E-state index contributed by atoms with van der Waals surface area (Å²) >= 11 is 19.9. The molecule has 3 amide bonds. The van der Waals surface area contributed by atoms with Gasteiger partial charge in [-0.2, -0.15) is 20.3 Å². The van der Waals surface area contributed by atoms with Crippen molar-refractivity contribution in [2.24, 2.45) is 21.7 Å². The van der Waals surface area contributed by atoms with Crippen LogP contribution in [0, 0.1) is 60.7 Å². The van der Waals surface area contributed by atoms with Crippen molar-refractivity contribution < 1.29 is 14.4 Å². The van der Waals surface area contributed by atoms with Gasteiger partial charge in [0.05, 0.1) is 0 Å². The number of hydrogen-bond donors (Lipinski definition) is 9. The number of aryl methyl sites for hydroxylation is 6. The van der Waals surface area contributed by atoms with Crippen LogP contribution in [0.5, 0.6) is 0 Å². The summed E-state index contributed by atoms with van der Waals surface area (Å²) in [6, 6.07) is 24.6. The number of nitrogens with zero attached hydrogens (tertiary/aromatic N) is 15. The fourth-order valence-corrected chi connectivity index (χ4v) is 12.5. The molecule has 4 aromatic carbocycles. The summed E-state index contributed by atoms with van der Waals surface area (Å²) in [5.41, 5.74) is 10.5. The molecule has 0 saturated carbocycles. The summed E-state index contributed by atoms with van der Waals surface area (Å²) in [4.78, 5) is 84.5. The lowest BCUT2D eigenvalue weighted by Gasteiger charge is -2.31. The SMILES string of the molecule is CCc1nc(NC)c(Cl)c(Nc2cc(C(=O)NC)ccc2C)n1.CCc1nc(Nc2cc(C(=O)NC)ccc2C)c(Cl)c(N(C)CC(C)(C)C)n1.CNC(=O)c1ccc(C)c(Nc2nc(N(C)CC(C)(C)C)nc(N(C)CC(C)(C)C)c2Cl)c1.Cc1ccc(-c2ncn[nH]2)cc1Nc1ncnc(N(C)CC(C)(C)C)c1C#N. The zero-order valence-corrected chi connectivity index (χ0v) is 72.2. The maximum atomic E-state index is 12.1. The Balaban J connectivity index is 0.000000234. The summed E-state index contributed by atoms with van der Waals surface area (Å²) in [5.74, 6) is 6.81. The molecule has 0 fully saturated rings. The highest BCUT2D eigenvalue weighted by Crippen LogP contribution is 2.39. The molecule has 0 aliphatic carbocycles. The van der Waals surface area contributed by atoms with Crippen LogP contribution in [0.4, 0.5) is 75.2 Å². The molecule has 30 heteroatoms. The van der Waals surface area contributed by atoms with Gasteiger partial charge in [-0.1, -0.05) is 162 Å². The van der Waals surface area contributed by atoms with Gasteiger partial charge in [0.2, 0.25) is 5.95 Å². The lowest BCUT2D eigenvalue weighted by atomic mass is 9.96. The fourth-order valence-electron chi connectivity index (χ4n) is 11.7. The van der Waals surface area contributed by atoms with E-state index in [0.29, 0.717) is 120 Å². The van der Waals surface area contributed by atoms with Crippen molar-refractivity contribution in [2.45, 2.75) is 137 Å². The number of nitriles is 1. The van der Waals surface area contributed by atoms with Gasteiger partial charge < -0.3 is 62.1 Å². The summed E-state index contributed by atoms with van der Waals surface area (Å²) in [5, 5.41) is 41.9. The molecule has 0 aliphatic rings. The highest BCUT2D eigenvalue weighted by atomic mass is 35.5. The molecule has 0 aliphatic heterocycles. The van der Waals surface area contributed by atoms with Gasteiger partial charge >= 0.3 is 0 Å². The van der Waals surface area contributed by atoms with Gasteiger partial charge in [0.1, 0.15) is 51.0 Å². The number of H-pyrrole nitrogens is 1. The fraction of sp³-hybridized carbons (Fsp3) is 0.439. The molecule has 600 valence electrons. The van der Waals surface area contributed by atoms with Crippen LogP contribution in [0.25, 0.3) is 11.4 Å². The summed E-state index contributed by atoms with van der Waals surface area (Å²) in [7, 11) is 14.5. The molecule has 0 atom stereocenters. The second-order valence-electron chi connectivity index (χ2n) is 32.1. The molecule has 0 unspecified atom stereocenters. The van der Waals surface area contributed by atoms with Crippen LogP contribution in [-0.4, -0.2) is 155 Å². The number of anilines is 13. The third kappa shape index (κ3) is 26.0. The Morgan fingerprint density at radius 1 is 0.438 bits per heavy atom. The molecule has 0 spiro atoms. The molecule has 9 aromatic rings. The number of benzene rings is 4. The topological polar surface area (TPSA) is 329 Å². The number of aromatic amines is 1. The lowest BCUT2D eigenvalue weighted by Crippen LogP contribution is -2.33. The second kappa shape index (κ2) is 39.5. The molecule has 27 nitrogen and oxygen atoms in total. The standard InChI is InChI=1S/C25H39ClN6O.C21H30ClN5O.C20H24N8.C16H20ClN5O/c1-16-11-12-17(22(33)27-8)13-18(16)28-20-19(26)21(31(9)14-24(2,3)4)30-23(29-20)32(10)15-25(5,6)7;1-8-16-25-18(17(22)19(26-16)27(7)12-21(3,4)5)24-15-11-14(20(28)23-6)10-9-13(15)2;1-13-6-7-14(17-23-12-25-27-17)8-16(13)26-18-15(9-21)19(24-11-22-18)28(5)10-20(2,3)4;1-5-12-21-14(18-3)13(17)15(22-12)20-11-8-10(16(23)19-4)7-6-9(11)2/h11-13H,14-15H2,1-10H3,(H,27,33)(H,28,29,30);9-11H,8,12H2,1-7H3,(H,23,28)(H,24,25,26);6-8,11-12H,10H2,1-5H3,(H,22,24,26)(H,23,25,27);6-8H,5H2,1-4H3,(H,19,23)(H2,18,20,21,22). The number of aromatic nitrogens is 11. The Kier molecular flexibility index (Phi) is 31.8. The molecule has 9 rings (SSSR count). The molecule has 5 aromatic heterocycles. The van der Waals surface area contributed by atoms with Crippen molar-refractivity contribution in [1.82, 2.24) is 71.0 Å². The smallest absolute Gasteiger partial charge is 0.251 e. The average molecular weight is 1590 g/mol. The van der Waals surface area contributed by atoms with Gasteiger partial charge in [-0.15, -0.1) is 0 Å². The number of nitrogens with one attached hydrogen (secondary N) is 9. The molecule has 0 bridgehead atoms. The van der Waals surface area contributed by atoms with Gasteiger partial charge in [-0.05, 0) is 114 Å². The van der Waals surface area contributed by atoms with E-state index in [1.54, 1.807) is 58.5 Å². The lowest BCUT2D eigenvalue weighted by molar-refractivity contribution is 0.0955. The molecular formula is C82H113Cl3N24O3. The quantitative estimate of drug-likeness (QED) is 0.0287. The van der Waals surface area contributed by atoms with Gasteiger partial charge in [-0.25, -0.2) is 34.9 Å². The number of amides is 3. The van der Waals surface area contributed by atoms with Crippen molar-refractivity contribution in [3.05, 3.63) is 157 Å². The third-order valence-electron chi connectivity index (χ3n) is 16.8. The molecular weight excluding hydrogens is 1480 g/mol. The predicted octanol–water partition coefficient (Wildman–Crippen LogP) is 16.9. The van der Waals surface area contributed by atoms with Crippen molar-refractivity contribution in [1.29, 1.82) is 5.26 Å². The van der Waals surface area contributed by atoms with Gasteiger partial charge in [0, 0.05) is 140 Å². The van der Waals surface area contributed by atoms with E-state index in [1.165, 1.54) is 12.7 Å². The van der Waals surface area contributed by atoms with Crippen molar-refractivity contribution >= 4 is 128 Å². The van der Waals surface area contributed by atoms with E-state index < -0.39 is 0 Å². The van der Waals surface area contributed by atoms with Crippen molar-refractivity contribution in [3.63, 3.8) is 0 Å². The summed E-state index contributed by atoms with van der Waals surface area (Å²) in [6.45, 7) is 41.0. The van der Waals surface area contributed by atoms with E-state index in [0.717, 1.165) is 76.7 Å². The largest absolute Gasteiger partial charge is 0.372 e. The van der Waals surface area contributed by atoms with Crippen LogP contribution >= 0.6 is 34.8 Å². The first-order chi connectivity index (χ1) is 52.4. The Bertz CT molecular complexity index is 4770. The maximum absolute atomic E-state index is 12.1. The van der Waals surface area contributed by atoms with E-state index in [4.69, 9.17) is 44.8 Å². The van der Waals surface area contributed by atoms with Crippen LogP contribution in [0.15, 0.2) is 85.5 Å². The zero-order chi connectivity index (χ0) is 83.5. The maximum Gasteiger partial charge on any atom is 0.251 e. The highest BCUT2D eigenvalue weighted by Gasteiger charge is 2.27. The predicted molar refractivity (Wildman–Crippen MR) is 460 cm³/mol. The van der Waals surface area contributed by atoms with Crippen molar-refractivity contribution in [2.75, 3.05) is 129 Å². The third-order valence-corrected chi connectivity index (χ3v) is 17.9. The normalized spacial score (nSPS) is 11.2. The van der Waals surface area contributed by atoms with Crippen LogP contribution in [-0.2, 0) is 12.8 Å². The Labute approximate surface area is 676 Å². The van der Waals surface area contributed by atoms with E-state index >= 15 is 0 Å². The average Bonchev–Trinajstić information content (AvgIpc) is 1.29. The Morgan fingerprint density at radius 3 is 1.20 bits per heavy atom. The van der Waals surface area contributed by atoms with Crippen molar-refractivity contribution in [3.8, 4) is 17.5 Å². The summed E-state index contributed by atoms with van der Waals surface area (Å²) < 4.78 is 0. The first-order valence-corrected chi connectivity index (χ1v) is 38.1. The van der Waals surface area contributed by atoms with Gasteiger partial charge in [0.15, 0.2) is 52.4 Å². The highest BCUT2D eigenvalue weighted by molar-refractivity contribution is 6.36. The Hall–Kier alpha value is -10.7. The number of rotatable bonds is 23.